The summed E-state index contributed by atoms with van der Waals surface area (Å²) in [6.07, 6.45) is 3.02. The Morgan fingerprint density at radius 1 is 1.13 bits per heavy atom. The van der Waals surface area contributed by atoms with Crippen LogP contribution in [0.25, 0.3) is 22.1 Å². The molecule has 2 aromatic carbocycles. The van der Waals surface area contributed by atoms with Crippen LogP contribution in [0.3, 0.4) is 0 Å². The zero-order chi connectivity index (χ0) is 16.1. The standard InChI is InChI=1S/C15H10F2IN5/c1-22-6-20-14-12(22)5-11-15(13(14)17)23(7-19-11)21-8-2-3-10(18)9(16)4-8/h2-7,21H,1H3. The van der Waals surface area contributed by atoms with Gasteiger partial charge in [-0.2, -0.15) is 0 Å². The maximum atomic E-state index is 14.8. The molecular weight excluding hydrogens is 415 g/mol. The highest BCUT2D eigenvalue weighted by Gasteiger charge is 2.16. The van der Waals surface area contributed by atoms with E-state index in [4.69, 9.17) is 0 Å². The van der Waals surface area contributed by atoms with Gasteiger partial charge in [0.1, 0.15) is 23.2 Å². The summed E-state index contributed by atoms with van der Waals surface area (Å²) in [5.41, 5.74) is 5.16. The summed E-state index contributed by atoms with van der Waals surface area (Å²) in [6.45, 7) is 0. The Morgan fingerprint density at radius 3 is 2.74 bits per heavy atom. The Hall–Kier alpha value is -2.23. The van der Waals surface area contributed by atoms with E-state index in [1.165, 1.54) is 17.1 Å². The van der Waals surface area contributed by atoms with Gasteiger partial charge in [0.2, 0.25) is 0 Å². The lowest BCUT2D eigenvalue weighted by Gasteiger charge is -2.09. The first kappa shape index (κ1) is 14.4. The van der Waals surface area contributed by atoms with E-state index in [1.54, 1.807) is 36.1 Å². The van der Waals surface area contributed by atoms with Crippen molar-refractivity contribution in [3.8, 4) is 0 Å². The lowest BCUT2D eigenvalue weighted by molar-refractivity contribution is 0.620. The monoisotopic (exact) mass is 425 g/mol. The second kappa shape index (κ2) is 5.15. The van der Waals surface area contributed by atoms with Gasteiger partial charge in [-0.1, -0.05) is 0 Å². The van der Waals surface area contributed by atoms with E-state index in [2.05, 4.69) is 15.4 Å². The Labute approximate surface area is 143 Å². The summed E-state index contributed by atoms with van der Waals surface area (Å²) < 4.78 is 32.1. The van der Waals surface area contributed by atoms with E-state index in [9.17, 15) is 8.78 Å². The topological polar surface area (TPSA) is 47.7 Å². The molecule has 0 aliphatic heterocycles. The molecule has 0 unspecified atom stereocenters. The average molecular weight is 425 g/mol. The average Bonchev–Trinajstić information content (AvgIpc) is 3.09. The van der Waals surface area contributed by atoms with Crippen molar-refractivity contribution in [2.24, 2.45) is 7.05 Å². The molecule has 23 heavy (non-hydrogen) atoms. The SMILES string of the molecule is Cn1cnc2c(F)c3c(cc21)ncn3Nc1ccc(I)c(F)c1. The van der Waals surface area contributed by atoms with E-state index in [-0.39, 0.29) is 16.9 Å². The predicted molar refractivity (Wildman–Crippen MR) is 92.1 cm³/mol. The molecule has 0 atom stereocenters. The van der Waals surface area contributed by atoms with Crippen LogP contribution < -0.4 is 5.43 Å². The van der Waals surface area contributed by atoms with Crippen LogP contribution in [-0.2, 0) is 7.05 Å². The fourth-order valence-electron chi connectivity index (χ4n) is 2.50. The molecule has 5 nitrogen and oxygen atoms in total. The lowest BCUT2D eigenvalue weighted by Crippen LogP contribution is -2.09. The van der Waals surface area contributed by atoms with Gasteiger partial charge < -0.3 is 4.57 Å². The fourth-order valence-corrected chi connectivity index (χ4v) is 2.83. The molecular formula is C15H10F2IN5. The van der Waals surface area contributed by atoms with Gasteiger partial charge in [0.15, 0.2) is 5.82 Å². The van der Waals surface area contributed by atoms with Crippen LogP contribution in [0.5, 0.6) is 0 Å². The molecule has 116 valence electrons. The summed E-state index contributed by atoms with van der Waals surface area (Å²) in [6, 6.07) is 6.48. The number of nitrogens with one attached hydrogen (secondary N) is 1. The van der Waals surface area contributed by atoms with Crippen LogP contribution in [0.4, 0.5) is 14.5 Å². The first-order valence-corrected chi connectivity index (χ1v) is 7.81. The Morgan fingerprint density at radius 2 is 1.96 bits per heavy atom. The summed E-state index contributed by atoms with van der Waals surface area (Å²) >= 11 is 1.91. The Balaban J connectivity index is 1.87. The molecule has 0 aliphatic rings. The number of benzene rings is 2. The van der Waals surface area contributed by atoms with Crippen molar-refractivity contribution >= 4 is 50.3 Å². The molecule has 2 heterocycles. The van der Waals surface area contributed by atoms with Crippen molar-refractivity contribution in [2.75, 3.05) is 5.43 Å². The van der Waals surface area contributed by atoms with Crippen LogP contribution in [-0.4, -0.2) is 19.2 Å². The maximum absolute atomic E-state index is 14.8. The van der Waals surface area contributed by atoms with Gasteiger partial charge in [-0.05, 0) is 46.9 Å². The molecule has 0 bridgehead atoms. The minimum atomic E-state index is -0.464. The summed E-state index contributed by atoms with van der Waals surface area (Å²) in [5, 5.41) is 0. The lowest BCUT2D eigenvalue weighted by atomic mass is 10.2. The third-order valence-electron chi connectivity index (χ3n) is 3.64. The molecule has 0 saturated carbocycles. The number of nitrogens with zero attached hydrogens (tertiary/aromatic N) is 4. The second-order valence-corrected chi connectivity index (χ2v) is 6.30. The number of aromatic nitrogens is 4. The summed E-state index contributed by atoms with van der Waals surface area (Å²) in [4.78, 5) is 8.29. The van der Waals surface area contributed by atoms with Crippen LogP contribution in [0, 0.1) is 15.2 Å². The number of rotatable bonds is 2. The highest BCUT2D eigenvalue weighted by atomic mass is 127. The van der Waals surface area contributed by atoms with E-state index in [0.717, 1.165) is 0 Å². The van der Waals surface area contributed by atoms with Crippen LogP contribution in [0.2, 0.25) is 0 Å². The van der Waals surface area contributed by atoms with Crippen molar-refractivity contribution in [1.29, 1.82) is 0 Å². The van der Waals surface area contributed by atoms with Gasteiger partial charge in [-0.15, -0.1) is 0 Å². The minimum absolute atomic E-state index is 0.273. The molecule has 2 aromatic heterocycles. The Kier molecular flexibility index (Phi) is 3.22. The quantitative estimate of drug-likeness (QED) is 0.499. The van der Waals surface area contributed by atoms with Gasteiger partial charge in [-0.25, -0.2) is 23.4 Å². The molecule has 0 spiro atoms. The van der Waals surface area contributed by atoms with E-state index >= 15 is 0 Å². The highest BCUT2D eigenvalue weighted by Crippen LogP contribution is 2.26. The molecule has 0 saturated heterocycles. The number of aryl methyl sites for hydroxylation is 1. The van der Waals surface area contributed by atoms with Crippen molar-refractivity contribution in [3.05, 3.63) is 52.1 Å². The van der Waals surface area contributed by atoms with Gasteiger partial charge >= 0.3 is 0 Å². The minimum Gasteiger partial charge on any atom is -0.334 e. The zero-order valence-corrected chi connectivity index (χ0v) is 14.0. The molecule has 1 N–H and O–H groups in total. The van der Waals surface area contributed by atoms with Crippen molar-refractivity contribution < 1.29 is 8.78 Å². The second-order valence-electron chi connectivity index (χ2n) is 5.14. The predicted octanol–water partition coefficient (Wildman–Crippen LogP) is 3.68. The molecule has 0 fully saturated rings. The van der Waals surface area contributed by atoms with Crippen molar-refractivity contribution in [1.82, 2.24) is 19.2 Å². The number of imidazole rings is 2. The largest absolute Gasteiger partial charge is 0.334 e. The smallest absolute Gasteiger partial charge is 0.178 e. The zero-order valence-electron chi connectivity index (χ0n) is 11.9. The van der Waals surface area contributed by atoms with Gasteiger partial charge in [0, 0.05) is 10.6 Å². The van der Waals surface area contributed by atoms with Gasteiger partial charge in [0.25, 0.3) is 0 Å². The number of anilines is 1. The van der Waals surface area contributed by atoms with Crippen LogP contribution >= 0.6 is 22.6 Å². The van der Waals surface area contributed by atoms with Gasteiger partial charge in [-0.3, -0.25) is 5.43 Å². The highest BCUT2D eigenvalue weighted by molar-refractivity contribution is 14.1. The Bertz CT molecular complexity index is 1050. The van der Waals surface area contributed by atoms with Crippen molar-refractivity contribution in [3.63, 3.8) is 0 Å². The molecule has 0 amide bonds. The normalized spacial score (nSPS) is 11.5. The first-order valence-electron chi connectivity index (χ1n) is 6.73. The van der Waals surface area contributed by atoms with E-state index in [1.807, 2.05) is 22.6 Å². The molecule has 8 heteroatoms. The molecule has 0 aliphatic carbocycles. The number of hydrogen-bond acceptors (Lipinski definition) is 3. The number of fused-ring (bicyclic) bond motifs is 2. The van der Waals surface area contributed by atoms with E-state index in [0.29, 0.717) is 20.3 Å². The summed E-state index contributed by atoms with van der Waals surface area (Å²) in [5.74, 6) is -0.804. The van der Waals surface area contributed by atoms with Gasteiger partial charge in [0.05, 0.1) is 23.0 Å². The third-order valence-corrected chi connectivity index (χ3v) is 4.51. The van der Waals surface area contributed by atoms with E-state index < -0.39 is 5.82 Å². The fraction of sp³-hybridized carbons (Fsp3) is 0.0667. The first-order chi connectivity index (χ1) is 11.0. The maximum Gasteiger partial charge on any atom is 0.178 e. The molecule has 4 aromatic rings. The molecule has 4 rings (SSSR count). The number of halogens is 3. The van der Waals surface area contributed by atoms with Crippen LogP contribution in [0.15, 0.2) is 36.9 Å². The number of hydrogen-bond donors (Lipinski definition) is 1. The van der Waals surface area contributed by atoms with Crippen LogP contribution in [0.1, 0.15) is 0 Å². The van der Waals surface area contributed by atoms with Crippen molar-refractivity contribution in [2.45, 2.75) is 0 Å². The third kappa shape index (κ3) is 2.24. The molecule has 0 radical (unpaired) electrons. The summed E-state index contributed by atoms with van der Waals surface area (Å²) in [7, 11) is 1.80.